The number of carbonyl (C=O) groups excluding carboxylic acids is 1. The number of anilines is 1. The molecule has 4 heterocycles. The molecule has 0 spiro atoms. The number of ether oxygens (including phenoxy) is 1. The zero-order chi connectivity index (χ0) is 22.4. The number of aromatic nitrogens is 2. The van der Waals surface area contributed by atoms with Crippen molar-refractivity contribution in [1.29, 1.82) is 0 Å². The van der Waals surface area contributed by atoms with Crippen molar-refractivity contribution in [3.8, 4) is 0 Å². The molecule has 2 saturated heterocycles. The maximum Gasteiger partial charge on any atom is 0.490 e. The Hall–Kier alpha value is -3.15. The summed E-state index contributed by atoms with van der Waals surface area (Å²) >= 11 is 0. The van der Waals surface area contributed by atoms with Crippen LogP contribution in [0.1, 0.15) is 18.6 Å². The zero-order valence-electron chi connectivity index (χ0n) is 16.3. The van der Waals surface area contributed by atoms with Gasteiger partial charge in [0.05, 0.1) is 31.4 Å². The summed E-state index contributed by atoms with van der Waals surface area (Å²) in [6, 6.07) is 5.47. The number of carbonyl (C=O) groups is 2. The van der Waals surface area contributed by atoms with Gasteiger partial charge >= 0.3 is 12.1 Å². The van der Waals surface area contributed by atoms with Crippen LogP contribution in [0.25, 0.3) is 0 Å². The van der Waals surface area contributed by atoms with Crippen LogP contribution in [-0.4, -0.2) is 58.4 Å². The zero-order valence-corrected chi connectivity index (χ0v) is 16.3. The number of hydrogen-bond donors (Lipinski definition) is 2. The molecule has 0 bridgehead atoms. The van der Waals surface area contributed by atoms with Gasteiger partial charge in [0.15, 0.2) is 0 Å². The normalized spacial score (nSPS) is 22.4. The molecule has 12 heteroatoms. The van der Waals surface area contributed by atoms with E-state index in [-0.39, 0.29) is 18.1 Å². The van der Waals surface area contributed by atoms with E-state index in [1.54, 1.807) is 18.7 Å². The summed E-state index contributed by atoms with van der Waals surface area (Å²) in [6.07, 6.45) is 1.49. The number of rotatable bonds is 5. The molecule has 0 unspecified atom stereocenters. The highest BCUT2D eigenvalue weighted by Crippen LogP contribution is 2.35. The second-order valence-corrected chi connectivity index (χ2v) is 7.11. The fraction of sp³-hybridized carbons (Fsp3) is 0.474. The number of carboxylic acids is 1. The van der Waals surface area contributed by atoms with Crippen LogP contribution >= 0.6 is 0 Å². The lowest BCUT2D eigenvalue weighted by Crippen LogP contribution is -2.30. The molecule has 2 fully saturated rings. The highest BCUT2D eigenvalue weighted by molar-refractivity contribution is 5.76. The van der Waals surface area contributed by atoms with Gasteiger partial charge in [0.1, 0.15) is 5.76 Å². The molecule has 3 atom stereocenters. The summed E-state index contributed by atoms with van der Waals surface area (Å²) in [5.74, 6) is -0.807. The molecule has 9 nitrogen and oxygen atoms in total. The molecular weight excluding hydrogens is 421 g/mol. The summed E-state index contributed by atoms with van der Waals surface area (Å²) in [4.78, 5) is 31.7. The third-order valence-corrected chi connectivity index (χ3v) is 4.84. The Kier molecular flexibility index (Phi) is 7.10. The van der Waals surface area contributed by atoms with Crippen molar-refractivity contribution in [2.75, 3.05) is 18.0 Å². The summed E-state index contributed by atoms with van der Waals surface area (Å²) < 4.78 is 43.0. The van der Waals surface area contributed by atoms with Crippen LogP contribution in [-0.2, 0) is 20.9 Å². The minimum atomic E-state index is -5.08. The first kappa shape index (κ1) is 22.5. The summed E-state index contributed by atoms with van der Waals surface area (Å²) in [5, 5.41) is 9.99. The lowest BCUT2D eigenvalue weighted by atomic mass is 10.0. The smallest absolute Gasteiger partial charge is 0.475 e. The van der Waals surface area contributed by atoms with Crippen molar-refractivity contribution in [2.24, 2.45) is 5.92 Å². The van der Waals surface area contributed by atoms with Gasteiger partial charge in [-0.2, -0.15) is 13.2 Å². The van der Waals surface area contributed by atoms with Crippen LogP contribution in [0, 0.1) is 5.92 Å². The first-order chi connectivity index (χ1) is 14.7. The minimum Gasteiger partial charge on any atom is -0.475 e. The van der Waals surface area contributed by atoms with Crippen molar-refractivity contribution in [3.05, 3.63) is 42.6 Å². The molecule has 2 aromatic heterocycles. The monoisotopic (exact) mass is 442 g/mol. The van der Waals surface area contributed by atoms with Gasteiger partial charge in [-0.25, -0.2) is 14.8 Å². The highest BCUT2D eigenvalue weighted by Gasteiger charge is 2.43. The molecular formula is C19H21F3N4O5. The van der Waals surface area contributed by atoms with Crippen LogP contribution in [0.15, 0.2) is 41.3 Å². The number of aliphatic carboxylic acids is 1. The number of fused-ring (bicyclic) bond motifs is 1. The van der Waals surface area contributed by atoms with Crippen LogP contribution in [0.5, 0.6) is 0 Å². The van der Waals surface area contributed by atoms with Gasteiger partial charge in [0.25, 0.3) is 0 Å². The third-order valence-electron chi connectivity index (χ3n) is 4.84. The van der Waals surface area contributed by atoms with E-state index in [1.165, 1.54) is 0 Å². The van der Waals surface area contributed by atoms with E-state index in [4.69, 9.17) is 19.1 Å². The summed E-state index contributed by atoms with van der Waals surface area (Å²) in [6.45, 7) is 2.10. The van der Waals surface area contributed by atoms with Gasteiger partial charge in [-0.3, -0.25) is 4.79 Å². The van der Waals surface area contributed by atoms with Gasteiger partial charge in [-0.05, 0) is 24.6 Å². The molecule has 2 aliphatic rings. The van der Waals surface area contributed by atoms with Crippen LogP contribution < -0.4 is 10.2 Å². The molecule has 2 aliphatic heterocycles. The fourth-order valence-electron chi connectivity index (χ4n) is 3.49. The number of alkyl halides is 3. The molecule has 1 amide bonds. The Morgan fingerprint density at radius 2 is 1.94 bits per heavy atom. The van der Waals surface area contributed by atoms with E-state index in [9.17, 15) is 18.0 Å². The molecule has 2 N–H and O–H groups in total. The molecule has 2 aromatic rings. The number of halogens is 3. The molecule has 0 radical (unpaired) electrons. The van der Waals surface area contributed by atoms with Crippen molar-refractivity contribution in [3.63, 3.8) is 0 Å². The molecule has 0 aromatic carbocycles. The van der Waals surface area contributed by atoms with Gasteiger partial charge in [0, 0.05) is 31.4 Å². The predicted octanol–water partition coefficient (Wildman–Crippen LogP) is 2.00. The van der Waals surface area contributed by atoms with E-state index in [2.05, 4.69) is 20.2 Å². The number of furan rings is 1. The predicted molar refractivity (Wildman–Crippen MR) is 99.9 cm³/mol. The Balaban J connectivity index is 0.000000339. The molecule has 0 saturated carbocycles. The molecule has 168 valence electrons. The van der Waals surface area contributed by atoms with Gasteiger partial charge in [-0.1, -0.05) is 0 Å². The van der Waals surface area contributed by atoms with Crippen molar-refractivity contribution in [2.45, 2.75) is 37.8 Å². The second-order valence-electron chi connectivity index (χ2n) is 7.11. The Labute approximate surface area is 175 Å². The summed E-state index contributed by atoms with van der Waals surface area (Å²) in [7, 11) is 0. The number of hydrogen-bond acceptors (Lipinski definition) is 7. The Morgan fingerprint density at radius 3 is 2.52 bits per heavy atom. The largest absolute Gasteiger partial charge is 0.490 e. The lowest BCUT2D eigenvalue weighted by molar-refractivity contribution is -0.192. The van der Waals surface area contributed by atoms with Gasteiger partial charge in [-0.15, -0.1) is 0 Å². The summed E-state index contributed by atoms with van der Waals surface area (Å²) in [5.41, 5.74) is 0. The van der Waals surface area contributed by atoms with Crippen LogP contribution in [0.4, 0.5) is 19.1 Å². The lowest BCUT2D eigenvalue weighted by Gasteiger charge is -2.18. The van der Waals surface area contributed by atoms with E-state index in [1.807, 2.05) is 18.2 Å². The topological polar surface area (TPSA) is 118 Å². The highest BCUT2D eigenvalue weighted by atomic mass is 19.4. The number of amides is 1. The molecule has 31 heavy (non-hydrogen) atoms. The SMILES string of the molecule is O=C(C[C@@H]1C[C@H]2CN(c3ncccn3)C[C@H]2O1)NCc1ccco1.O=C(O)C(F)(F)F. The Morgan fingerprint density at radius 1 is 1.23 bits per heavy atom. The minimum absolute atomic E-state index is 0.000350. The number of nitrogens with one attached hydrogen (secondary N) is 1. The standard InChI is InChI=1S/C17H20N4O3.C2HF3O2/c22-16(20-9-13-3-1-6-23-13)8-14-7-12-10-21(11-15(12)24-14)17-18-4-2-5-19-17;3-2(4,5)1(6)7/h1-6,12,14-15H,7-11H2,(H,20,22);(H,6,7)/t12-,14-,15+;/m0./s1. The molecule has 4 rings (SSSR count). The van der Waals surface area contributed by atoms with Crippen molar-refractivity contribution in [1.82, 2.24) is 15.3 Å². The first-order valence-electron chi connectivity index (χ1n) is 9.49. The average Bonchev–Trinajstić information content (AvgIpc) is 3.43. The fourth-order valence-corrected chi connectivity index (χ4v) is 3.49. The number of nitrogens with zero attached hydrogens (tertiary/aromatic N) is 3. The van der Waals surface area contributed by atoms with Crippen molar-refractivity contribution >= 4 is 17.8 Å². The number of carboxylic acid groups (broad SMARTS) is 1. The van der Waals surface area contributed by atoms with E-state index in [0.29, 0.717) is 18.9 Å². The van der Waals surface area contributed by atoms with Crippen LogP contribution in [0.3, 0.4) is 0 Å². The van der Waals surface area contributed by atoms with Gasteiger partial charge < -0.3 is 24.5 Å². The average molecular weight is 442 g/mol. The maximum absolute atomic E-state index is 12.0. The Bertz CT molecular complexity index is 849. The second kappa shape index (κ2) is 9.77. The third kappa shape index (κ3) is 6.41. The van der Waals surface area contributed by atoms with E-state index < -0.39 is 12.1 Å². The van der Waals surface area contributed by atoms with Crippen LogP contribution in [0.2, 0.25) is 0 Å². The first-order valence-corrected chi connectivity index (χ1v) is 9.49. The van der Waals surface area contributed by atoms with E-state index >= 15 is 0 Å². The molecule has 0 aliphatic carbocycles. The van der Waals surface area contributed by atoms with Crippen molar-refractivity contribution < 1.29 is 37.0 Å². The quantitative estimate of drug-likeness (QED) is 0.722. The van der Waals surface area contributed by atoms with Gasteiger partial charge in [0.2, 0.25) is 11.9 Å². The maximum atomic E-state index is 12.0. The van der Waals surface area contributed by atoms with E-state index in [0.717, 1.165) is 31.2 Å².